The largest absolute Gasteiger partial charge is 0.550 e. The van der Waals surface area contributed by atoms with Crippen LogP contribution in [-0.4, -0.2) is 40.4 Å². The zero-order chi connectivity index (χ0) is 18.8. The van der Waals surface area contributed by atoms with E-state index in [0.717, 1.165) is 35.1 Å². The molecule has 8 heteroatoms. The van der Waals surface area contributed by atoms with Gasteiger partial charge in [-0.1, -0.05) is 24.0 Å². The molecular formula is C18H18NO5S2-. The van der Waals surface area contributed by atoms with Gasteiger partial charge in [-0.15, -0.1) is 0 Å². The summed E-state index contributed by atoms with van der Waals surface area (Å²) in [4.78, 5) is 24.9. The molecule has 3 rings (SSSR count). The Morgan fingerprint density at radius 2 is 2.31 bits per heavy atom. The van der Waals surface area contributed by atoms with Gasteiger partial charge in [-0.3, -0.25) is 9.69 Å². The lowest BCUT2D eigenvalue weighted by molar-refractivity contribution is -0.305. The van der Waals surface area contributed by atoms with Crippen molar-refractivity contribution in [2.45, 2.75) is 32.8 Å². The fourth-order valence-corrected chi connectivity index (χ4v) is 4.18. The van der Waals surface area contributed by atoms with Gasteiger partial charge in [0.1, 0.15) is 21.9 Å². The van der Waals surface area contributed by atoms with Crippen molar-refractivity contribution in [2.24, 2.45) is 0 Å². The highest BCUT2D eigenvalue weighted by molar-refractivity contribution is 8.26. The smallest absolute Gasteiger partial charge is 0.266 e. The fraction of sp³-hybridized carbons (Fsp3) is 0.389. The number of nitrogens with zero attached hydrogens (tertiary/aromatic N) is 1. The summed E-state index contributed by atoms with van der Waals surface area (Å²) in [5.74, 6) is -0.0476. The maximum atomic E-state index is 12.6. The molecule has 2 aliphatic heterocycles. The van der Waals surface area contributed by atoms with Gasteiger partial charge < -0.3 is 19.4 Å². The molecule has 0 aromatic heterocycles. The molecule has 0 unspecified atom stereocenters. The van der Waals surface area contributed by atoms with E-state index in [1.165, 1.54) is 4.90 Å². The molecule has 6 nitrogen and oxygen atoms in total. The molecule has 0 radical (unpaired) electrons. The Labute approximate surface area is 161 Å². The number of carboxylic acids is 1. The third-order valence-electron chi connectivity index (χ3n) is 4.03. The highest BCUT2D eigenvalue weighted by atomic mass is 32.2. The summed E-state index contributed by atoms with van der Waals surface area (Å²) in [6, 6.07) is 3.82. The first-order valence-electron chi connectivity index (χ1n) is 8.30. The van der Waals surface area contributed by atoms with E-state index in [1.54, 1.807) is 6.08 Å². The van der Waals surface area contributed by atoms with Gasteiger partial charge in [0, 0.05) is 36.5 Å². The standard InChI is InChI=1S/C18H19NO5S2/c1-3-23-13-7-11-6-10(2)24-14(11)8-12(13)9-15-17(22)19(18(25)26-15)5-4-16(20)21/h7-10H,3-6H2,1-2H3,(H,20,21)/p-1/b15-9-/t10-/m0/s1. The van der Waals surface area contributed by atoms with Crippen LogP contribution in [0.15, 0.2) is 17.0 Å². The SMILES string of the molecule is CCOc1cc2c(cc1/C=C1\SC(=S)N(CCC(=O)[O-])C1=O)O[C@@H](C)C2. The van der Waals surface area contributed by atoms with E-state index in [2.05, 4.69) is 0 Å². The third-order valence-corrected chi connectivity index (χ3v) is 5.41. The van der Waals surface area contributed by atoms with Crippen molar-refractivity contribution < 1.29 is 24.2 Å². The molecule has 26 heavy (non-hydrogen) atoms. The second-order valence-corrected chi connectivity index (χ2v) is 7.69. The van der Waals surface area contributed by atoms with E-state index in [4.69, 9.17) is 21.7 Å². The first-order chi connectivity index (χ1) is 12.4. The molecule has 2 aliphatic rings. The van der Waals surface area contributed by atoms with E-state index in [-0.39, 0.29) is 25.0 Å². The molecule has 1 saturated heterocycles. The monoisotopic (exact) mass is 392 g/mol. The van der Waals surface area contributed by atoms with Crippen molar-refractivity contribution in [1.29, 1.82) is 0 Å². The molecule has 1 fully saturated rings. The van der Waals surface area contributed by atoms with Crippen molar-refractivity contribution in [3.8, 4) is 11.5 Å². The van der Waals surface area contributed by atoms with Gasteiger partial charge in [0.25, 0.3) is 5.91 Å². The highest BCUT2D eigenvalue weighted by Gasteiger charge is 2.32. The van der Waals surface area contributed by atoms with Crippen LogP contribution in [0.4, 0.5) is 0 Å². The number of hydrogen-bond acceptors (Lipinski definition) is 7. The van der Waals surface area contributed by atoms with Crippen molar-refractivity contribution in [3.05, 3.63) is 28.2 Å². The molecule has 2 heterocycles. The normalized spacial score (nSPS) is 20.5. The summed E-state index contributed by atoms with van der Waals surface area (Å²) in [5.41, 5.74) is 1.82. The molecular weight excluding hydrogens is 374 g/mol. The lowest BCUT2D eigenvalue weighted by atomic mass is 10.1. The lowest BCUT2D eigenvalue weighted by Crippen LogP contribution is -2.33. The van der Waals surface area contributed by atoms with Crippen LogP contribution in [0.3, 0.4) is 0 Å². The molecule has 1 aromatic rings. The maximum Gasteiger partial charge on any atom is 0.266 e. The molecule has 0 N–H and O–H groups in total. The minimum absolute atomic E-state index is 0.00741. The summed E-state index contributed by atoms with van der Waals surface area (Å²) in [6.45, 7) is 4.41. The minimum atomic E-state index is -1.22. The number of rotatable bonds is 6. The average Bonchev–Trinajstić information content (AvgIpc) is 3.05. The zero-order valence-corrected chi connectivity index (χ0v) is 16.1. The second kappa shape index (κ2) is 7.67. The van der Waals surface area contributed by atoms with Crippen LogP contribution in [-0.2, 0) is 16.0 Å². The molecule has 1 amide bonds. The van der Waals surface area contributed by atoms with Crippen LogP contribution in [0.5, 0.6) is 11.5 Å². The van der Waals surface area contributed by atoms with Gasteiger partial charge >= 0.3 is 0 Å². The number of ether oxygens (including phenoxy) is 2. The van der Waals surface area contributed by atoms with E-state index < -0.39 is 5.97 Å². The van der Waals surface area contributed by atoms with Gasteiger partial charge in [0.15, 0.2) is 0 Å². The van der Waals surface area contributed by atoms with Crippen molar-refractivity contribution >= 4 is 46.3 Å². The third kappa shape index (κ3) is 3.86. The van der Waals surface area contributed by atoms with Crippen LogP contribution < -0.4 is 14.6 Å². The lowest BCUT2D eigenvalue weighted by Gasteiger charge is -2.14. The molecule has 0 spiro atoms. The van der Waals surface area contributed by atoms with Gasteiger partial charge in [-0.05, 0) is 32.1 Å². The number of carbonyl (C=O) groups excluding carboxylic acids is 2. The fourth-order valence-electron chi connectivity index (χ4n) is 2.89. The molecule has 138 valence electrons. The number of amides is 1. The van der Waals surface area contributed by atoms with Crippen LogP contribution in [0.25, 0.3) is 6.08 Å². The number of aliphatic carboxylic acids is 1. The molecule has 0 saturated carbocycles. The Hall–Kier alpha value is -2.06. The number of carbonyl (C=O) groups is 2. The number of carboxylic acid groups (broad SMARTS) is 1. The van der Waals surface area contributed by atoms with Gasteiger partial charge in [0.05, 0.1) is 11.5 Å². The van der Waals surface area contributed by atoms with Crippen LogP contribution >= 0.6 is 24.0 Å². The van der Waals surface area contributed by atoms with E-state index >= 15 is 0 Å². The van der Waals surface area contributed by atoms with Crippen molar-refractivity contribution in [3.63, 3.8) is 0 Å². The Morgan fingerprint density at radius 1 is 1.54 bits per heavy atom. The Bertz CT molecular complexity index is 805. The Kier molecular flexibility index (Phi) is 5.52. The summed E-state index contributed by atoms with van der Waals surface area (Å²) >= 11 is 6.35. The predicted molar refractivity (Wildman–Crippen MR) is 101 cm³/mol. The second-order valence-electron chi connectivity index (χ2n) is 6.02. The summed E-state index contributed by atoms with van der Waals surface area (Å²) in [6.07, 6.45) is 2.39. The molecule has 1 atom stereocenters. The predicted octanol–water partition coefficient (Wildman–Crippen LogP) is 1.75. The Balaban J connectivity index is 1.89. The van der Waals surface area contributed by atoms with Gasteiger partial charge in [-0.2, -0.15) is 0 Å². The van der Waals surface area contributed by atoms with Crippen molar-refractivity contribution in [2.75, 3.05) is 13.2 Å². The molecule has 0 bridgehead atoms. The molecule has 0 aliphatic carbocycles. The number of thiocarbonyl (C=S) groups is 1. The number of thioether (sulfide) groups is 1. The highest BCUT2D eigenvalue weighted by Crippen LogP contribution is 2.39. The van der Waals surface area contributed by atoms with Crippen molar-refractivity contribution in [1.82, 2.24) is 4.90 Å². The number of benzene rings is 1. The maximum absolute atomic E-state index is 12.6. The molecule has 1 aromatic carbocycles. The van der Waals surface area contributed by atoms with E-state index in [1.807, 2.05) is 26.0 Å². The average molecular weight is 392 g/mol. The van der Waals surface area contributed by atoms with E-state index in [0.29, 0.717) is 21.6 Å². The summed E-state index contributed by atoms with van der Waals surface area (Å²) in [7, 11) is 0. The van der Waals surface area contributed by atoms with E-state index in [9.17, 15) is 14.7 Å². The topological polar surface area (TPSA) is 78.9 Å². The summed E-state index contributed by atoms with van der Waals surface area (Å²) < 4.78 is 11.9. The quantitative estimate of drug-likeness (QED) is 0.539. The summed E-state index contributed by atoms with van der Waals surface area (Å²) in [5, 5.41) is 10.6. The first kappa shape index (κ1) is 18.7. The zero-order valence-electron chi connectivity index (χ0n) is 14.4. The van der Waals surface area contributed by atoms with Crippen LogP contribution in [0.2, 0.25) is 0 Å². The first-order valence-corrected chi connectivity index (χ1v) is 9.53. The minimum Gasteiger partial charge on any atom is -0.550 e. The Morgan fingerprint density at radius 3 is 3.00 bits per heavy atom. The van der Waals surface area contributed by atoms with Gasteiger partial charge in [0.2, 0.25) is 0 Å². The number of hydrogen-bond donors (Lipinski definition) is 0. The van der Waals surface area contributed by atoms with Crippen LogP contribution in [0, 0.1) is 0 Å². The van der Waals surface area contributed by atoms with Gasteiger partial charge in [-0.25, -0.2) is 0 Å². The number of fused-ring (bicyclic) bond motifs is 1. The van der Waals surface area contributed by atoms with Crippen LogP contribution in [0.1, 0.15) is 31.4 Å².